The van der Waals surface area contributed by atoms with Gasteiger partial charge < -0.3 is 14.4 Å². The second kappa shape index (κ2) is 8.20. The average Bonchev–Trinajstić information content (AvgIpc) is 3.16. The number of likely N-dealkylation sites (tertiary alicyclic amines) is 1. The SMILES string of the molecule is COc1ccc(C(=O)C2CCCN2C(=O)COc2ccc(F)cc2)cc1C. The molecule has 0 N–H and O–H groups in total. The number of amides is 1. The number of hydrogen-bond acceptors (Lipinski definition) is 4. The maximum absolute atomic E-state index is 12.9. The molecule has 1 amide bonds. The van der Waals surface area contributed by atoms with Crippen LogP contribution in [0.4, 0.5) is 4.39 Å². The fraction of sp³-hybridized carbons (Fsp3) is 0.333. The predicted octanol–water partition coefficient (Wildman–Crippen LogP) is 3.40. The standard InChI is InChI=1S/C21H22FNO4/c1-14-12-15(5-10-19(14)26-2)21(25)18-4-3-11-23(18)20(24)13-27-17-8-6-16(22)7-9-17/h5-10,12,18H,3-4,11,13H2,1-2H3. The number of carbonyl (C=O) groups is 2. The third kappa shape index (κ3) is 4.27. The van der Waals surface area contributed by atoms with Crippen molar-refractivity contribution < 1.29 is 23.5 Å². The summed E-state index contributed by atoms with van der Waals surface area (Å²) in [5, 5.41) is 0. The first-order chi connectivity index (χ1) is 13.0. The summed E-state index contributed by atoms with van der Waals surface area (Å²) in [5.74, 6) is 0.443. The van der Waals surface area contributed by atoms with Crippen LogP contribution < -0.4 is 9.47 Å². The Bertz CT molecular complexity index is 835. The molecule has 1 saturated heterocycles. The number of nitrogens with zero attached hydrogens (tertiary/aromatic N) is 1. The summed E-state index contributed by atoms with van der Waals surface area (Å²) in [6.07, 6.45) is 1.40. The van der Waals surface area contributed by atoms with Crippen molar-refractivity contribution in [2.45, 2.75) is 25.8 Å². The largest absolute Gasteiger partial charge is 0.496 e. The molecule has 3 rings (SSSR count). The summed E-state index contributed by atoms with van der Waals surface area (Å²) >= 11 is 0. The molecule has 0 spiro atoms. The molecule has 0 aromatic heterocycles. The number of Topliss-reactive ketones (excluding diaryl/α,β-unsaturated/α-hetero) is 1. The Hall–Kier alpha value is -2.89. The maximum atomic E-state index is 12.9. The van der Waals surface area contributed by atoms with E-state index in [1.807, 2.05) is 6.92 Å². The third-order valence-corrected chi connectivity index (χ3v) is 4.73. The molecule has 1 heterocycles. The Morgan fingerprint density at radius 3 is 2.59 bits per heavy atom. The Labute approximate surface area is 157 Å². The lowest BCUT2D eigenvalue weighted by Gasteiger charge is -2.24. The summed E-state index contributed by atoms with van der Waals surface area (Å²) in [5.41, 5.74) is 1.44. The van der Waals surface area contributed by atoms with Gasteiger partial charge in [-0.05, 0) is 67.8 Å². The second-order valence-corrected chi connectivity index (χ2v) is 6.54. The Balaban J connectivity index is 1.66. The Kier molecular flexibility index (Phi) is 5.74. The highest BCUT2D eigenvalue weighted by atomic mass is 19.1. The summed E-state index contributed by atoms with van der Waals surface area (Å²) < 4.78 is 23.6. The normalized spacial score (nSPS) is 16.3. The van der Waals surface area contributed by atoms with Crippen LogP contribution in [0.3, 0.4) is 0 Å². The minimum Gasteiger partial charge on any atom is -0.496 e. The summed E-state index contributed by atoms with van der Waals surface area (Å²) in [6, 6.07) is 10.3. The van der Waals surface area contributed by atoms with E-state index in [0.29, 0.717) is 24.3 Å². The first kappa shape index (κ1) is 18.9. The van der Waals surface area contributed by atoms with Crippen molar-refractivity contribution in [3.63, 3.8) is 0 Å². The number of halogens is 1. The van der Waals surface area contributed by atoms with Gasteiger partial charge in [0.1, 0.15) is 17.3 Å². The van der Waals surface area contributed by atoms with Crippen LogP contribution in [0.15, 0.2) is 42.5 Å². The lowest BCUT2D eigenvalue weighted by molar-refractivity contribution is -0.133. The smallest absolute Gasteiger partial charge is 0.261 e. The molecule has 1 aliphatic heterocycles. The number of carbonyl (C=O) groups excluding carboxylic acids is 2. The molecule has 2 aromatic carbocycles. The number of rotatable bonds is 6. The quantitative estimate of drug-likeness (QED) is 0.731. The summed E-state index contributed by atoms with van der Waals surface area (Å²) in [6.45, 7) is 2.22. The molecule has 0 bridgehead atoms. The number of hydrogen-bond donors (Lipinski definition) is 0. The molecule has 0 saturated carbocycles. The van der Waals surface area contributed by atoms with Crippen molar-refractivity contribution in [1.82, 2.24) is 4.90 Å². The zero-order valence-electron chi connectivity index (χ0n) is 15.4. The lowest BCUT2D eigenvalue weighted by Crippen LogP contribution is -2.42. The van der Waals surface area contributed by atoms with Gasteiger partial charge in [0.2, 0.25) is 0 Å². The van der Waals surface area contributed by atoms with Crippen molar-refractivity contribution in [3.05, 3.63) is 59.4 Å². The van der Waals surface area contributed by atoms with Crippen molar-refractivity contribution >= 4 is 11.7 Å². The van der Waals surface area contributed by atoms with E-state index < -0.39 is 6.04 Å². The van der Waals surface area contributed by atoms with Gasteiger partial charge >= 0.3 is 0 Å². The third-order valence-electron chi connectivity index (χ3n) is 4.73. The Morgan fingerprint density at radius 1 is 1.19 bits per heavy atom. The summed E-state index contributed by atoms with van der Waals surface area (Å²) in [4.78, 5) is 27.0. The highest BCUT2D eigenvalue weighted by molar-refractivity contribution is 6.02. The molecule has 2 aromatic rings. The van der Waals surface area contributed by atoms with E-state index >= 15 is 0 Å². The van der Waals surface area contributed by atoms with Crippen LogP contribution >= 0.6 is 0 Å². The molecule has 1 atom stereocenters. The number of methoxy groups -OCH3 is 1. The van der Waals surface area contributed by atoms with Crippen LogP contribution in [0, 0.1) is 12.7 Å². The van der Waals surface area contributed by atoms with Gasteiger partial charge in [-0.25, -0.2) is 4.39 Å². The first-order valence-corrected chi connectivity index (χ1v) is 8.86. The van der Waals surface area contributed by atoms with Gasteiger partial charge in [-0.1, -0.05) is 0 Å². The second-order valence-electron chi connectivity index (χ2n) is 6.54. The van der Waals surface area contributed by atoms with Gasteiger partial charge in [0.25, 0.3) is 5.91 Å². The highest BCUT2D eigenvalue weighted by Crippen LogP contribution is 2.25. The lowest BCUT2D eigenvalue weighted by atomic mass is 10.00. The van der Waals surface area contributed by atoms with Gasteiger partial charge in [-0.15, -0.1) is 0 Å². The molecule has 1 fully saturated rings. The zero-order valence-corrected chi connectivity index (χ0v) is 15.4. The van der Waals surface area contributed by atoms with Crippen molar-refractivity contribution in [3.8, 4) is 11.5 Å². The number of benzene rings is 2. The van der Waals surface area contributed by atoms with Crippen LogP contribution in [0.25, 0.3) is 0 Å². The molecular formula is C21H22FNO4. The number of ether oxygens (including phenoxy) is 2. The van der Waals surface area contributed by atoms with Crippen molar-refractivity contribution in [2.24, 2.45) is 0 Å². The van der Waals surface area contributed by atoms with E-state index in [2.05, 4.69) is 0 Å². The van der Waals surface area contributed by atoms with Crippen LogP contribution in [-0.4, -0.2) is 42.9 Å². The van der Waals surface area contributed by atoms with Crippen molar-refractivity contribution in [2.75, 3.05) is 20.3 Å². The van der Waals surface area contributed by atoms with E-state index in [1.165, 1.54) is 24.3 Å². The molecule has 5 nitrogen and oxygen atoms in total. The summed E-state index contributed by atoms with van der Waals surface area (Å²) in [7, 11) is 1.59. The molecule has 1 aliphatic rings. The van der Waals surface area contributed by atoms with Crippen molar-refractivity contribution in [1.29, 1.82) is 0 Å². The predicted molar refractivity (Wildman–Crippen MR) is 98.7 cm³/mol. The van der Waals surface area contributed by atoms with Crippen LogP contribution in [0.2, 0.25) is 0 Å². The van der Waals surface area contributed by atoms with Crippen LogP contribution in [-0.2, 0) is 4.79 Å². The van der Waals surface area contributed by atoms with Crippen LogP contribution in [0.1, 0.15) is 28.8 Å². The molecule has 27 heavy (non-hydrogen) atoms. The van der Waals surface area contributed by atoms with E-state index in [4.69, 9.17) is 9.47 Å². The first-order valence-electron chi connectivity index (χ1n) is 8.86. The average molecular weight is 371 g/mol. The van der Waals surface area contributed by atoms with Gasteiger partial charge in [-0.3, -0.25) is 9.59 Å². The fourth-order valence-corrected chi connectivity index (χ4v) is 3.32. The van der Waals surface area contributed by atoms with Gasteiger partial charge in [-0.2, -0.15) is 0 Å². The minimum atomic E-state index is -0.484. The topological polar surface area (TPSA) is 55.8 Å². The maximum Gasteiger partial charge on any atom is 0.261 e. The molecule has 0 radical (unpaired) electrons. The van der Waals surface area contributed by atoms with Gasteiger partial charge in [0, 0.05) is 12.1 Å². The molecular weight excluding hydrogens is 349 g/mol. The molecule has 0 aliphatic carbocycles. The highest BCUT2D eigenvalue weighted by Gasteiger charge is 2.34. The van der Waals surface area contributed by atoms with Gasteiger partial charge in [0.05, 0.1) is 13.2 Å². The minimum absolute atomic E-state index is 0.0756. The molecule has 1 unspecified atom stereocenters. The van der Waals surface area contributed by atoms with E-state index in [9.17, 15) is 14.0 Å². The fourth-order valence-electron chi connectivity index (χ4n) is 3.32. The Morgan fingerprint density at radius 2 is 1.93 bits per heavy atom. The molecule has 142 valence electrons. The number of aryl methyl sites for hydroxylation is 1. The monoisotopic (exact) mass is 371 g/mol. The van der Waals surface area contributed by atoms with E-state index in [0.717, 1.165) is 17.7 Å². The van der Waals surface area contributed by atoms with Crippen LogP contribution in [0.5, 0.6) is 11.5 Å². The molecule has 6 heteroatoms. The van der Waals surface area contributed by atoms with Gasteiger partial charge in [0.15, 0.2) is 12.4 Å². The number of ketones is 1. The van der Waals surface area contributed by atoms with E-state index in [-0.39, 0.29) is 24.1 Å². The zero-order chi connectivity index (χ0) is 19.4. The van der Waals surface area contributed by atoms with E-state index in [1.54, 1.807) is 30.2 Å².